The Kier molecular flexibility index (Phi) is 4.07. The van der Waals surface area contributed by atoms with Gasteiger partial charge < -0.3 is 10.2 Å². The Morgan fingerprint density at radius 1 is 1.07 bits per heavy atom. The molecular formula is C19H19N5O2S. The van der Waals surface area contributed by atoms with E-state index in [1.54, 1.807) is 10.6 Å². The third-order valence-electron chi connectivity index (χ3n) is 4.65. The van der Waals surface area contributed by atoms with E-state index in [4.69, 9.17) is 0 Å². The van der Waals surface area contributed by atoms with Crippen LogP contribution in [0.2, 0.25) is 0 Å². The number of aromatic amines is 1. The van der Waals surface area contributed by atoms with Gasteiger partial charge in [0.15, 0.2) is 11.0 Å². The number of phenols is 2. The summed E-state index contributed by atoms with van der Waals surface area (Å²) in [7, 11) is 0. The minimum atomic E-state index is -0.0719. The molecule has 0 bridgehead atoms. The number of aromatic nitrogens is 5. The summed E-state index contributed by atoms with van der Waals surface area (Å²) < 4.78 is 1.74. The fourth-order valence-corrected chi connectivity index (χ4v) is 3.46. The fraction of sp³-hybridized carbons (Fsp3) is 0.211. The van der Waals surface area contributed by atoms with Gasteiger partial charge in [0.2, 0.25) is 0 Å². The molecule has 0 aliphatic carbocycles. The Balaban J connectivity index is 1.93. The van der Waals surface area contributed by atoms with Crippen LogP contribution in [0.4, 0.5) is 0 Å². The smallest absolute Gasteiger partial charge is 0.193 e. The van der Waals surface area contributed by atoms with Crippen molar-refractivity contribution in [3.63, 3.8) is 0 Å². The highest BCUT2D eigenvalue weighted by atomic mass is 32.1. The number of fused-ring (bicyclic) bond motifs is 1. The molecular weight excluding hydrogens is 362 g/mol. The topological polar surface area (TPSA) is 99.9 Å². The third-order valence-corrected chi connectivity index (χ3v) is 4.94. The lowest BCUT2D eigenvalue weighted by Gasteiger charge is -2.14. The van der Waals surface area contributed by atoms with Crippen LogP contribution in [0.25, 0.3) is 28.0 Å². The van der Waals surface area contributed by atoms with Crippen molar-refractivity contribution in [1.29, 1.82) is 0 Å². The van der Waals surface area contributed by atoms with Gasteiger partial charge in [-0.3, -0.25) is 9.67 Å². The van der Waals surface area contributed by atoms with E-state index in [0.29, 0.717) is 16.5 Å². The van der Waals surface area contributed by atoms with E-state index in [1.807, 2.05) is 39.0 Å². The van der Waals surface area contributed by atoms with Gasteiger partial charge in [-0.15, -0.1) is 22.8 Å². The summed E-state index contributed by atoms with van der Waals surface area (Å²) >= 11 is 4.43. The van der Waals surface area contributed by atoms with E-state index in [0.717, 1.165) is 27.8 Å². The average molecular weight is 381 g/mol. The SMILES string of the molecule is Cc1n[nH]c2cc(-n3c(S)nnc3-c3cc(C(C)C)c(O)cc3O)ccc12. The first-order valence-corrected chi connectivity index (χ1v) is 8.97. The average Bonchev–Trinajstić information content (AvgIpc) is 3.17. The van der Waals surface area contributed by atoms with Crippen molar-refractivity contribution < 1.29 is 10.2 Å². The van der Waals surface area contributed by atoms with Crippen LogP contribution in [0.3, 0.4) is 0 Å². The molecule has 0 fully saturated rings. The first-order valence-electron chi connectivity index (χ1n) is 8.52. The number of hydrogen-bond acceptors (Lipinski definition) is 6. The third kappa shape index (κ3) is 2.82. The number of benzene rings is 2. The Morgan fingerprint density at radius 2 is 1.85 bits per heavy atom. The van der Waals surface area contributed by atoms with E-state index in [-0.39, 0.29) is 17.4 Å². The predicted octanol–water partition coefficient (Wildman–Crippen LogP) is 3.94. The summed E-state index contributed by atoms with van der Waals surface area (Å²) in [6, 6.07) is 8.91. The van der Waals surface area contributed by atoms with E-state index < -0.39 is 0 Å². The van der Waals surface area contributed by atoms with E-state index in [1.165, 1.54) is 6.07 Å². The Bertz CT molecular complexity index is 1160. The van der Waals surface area contributed by atoms with Gasteiger partial charge in [-0.05, 0) is 42.7 Å². The molecule has 0 spiro atoms. The van der Waals surface area contributed by atoms with Crippen molar-refractivity contribution in [2.24, 2.45) is 0 Å². The zero-order chi connectivity index (χ0) is 19.3. The van der Waals surface area contributed by atoms with Crippen molar-refractivity contribution in [1.82, 2.24) is 25.0 Å². The van der Waals surface area contributed by atoms with Crippen LogP contribution in [-0.2, 0) is 0 Å². The monoisotopic (exact) mass is 381 g/mol. The summed E-state index contributed by atoms with van der Waals surface area (Å²) in [4.78, 5) is 0. The molecule has 3 N–H and O–H groups in total. The first kappa shape index (κ1) is 17.4. The number of rotatable bonds is 3. The van der Waals surface area contributed by atoms with Crippen molar-refractivity contribution in [2.75, 3.05) is 0 Å². The van der Waals surface area contributed by atoms with Crippen LogP contribution in [-0.4, -0.2) is 35.2 Å². The number of phenolic OH excluding ortho intramolecular Hbond substituents is 2. The van der Waals surface area contributed by atoms with Gasteiger partial charge in [-0.1, -0.05) is 13.8 Å². The number of nitrogens with one attached hydrogen (secondary N) is 1. The summed E-state index contributed by atoms with van der Waals surface area (Å²) in [5.41, 5.74) is 3.79. The molecule has 0 atom stereocenters. The molecule has 27 heavy (non-hydrogen) atoms. The van der Waals surface area contributed by atoms with E-state index in [9.17, 15) is 10.2 Å². The predicted molar refractivity (Wildman–Crippen MR) is 106 cm³/mol. The van der Waals surface area contributed by atoms with Crippen LogP contribution in [0.1, 0.15) is 31.0 Å². The summed E-state index contributed by atoms with van der Waals surface area (Å²) in [5.74, 6) is 0.505. The van der Waals surface area contributed by atoms with Gasteiger partial charge in [0, 0.05) is 11.5 Å². The zero-order valence-corrected chi connectivity index (χ0v) is 16.0. The minimum absolute atomic E-state index is 0.0535. The number of aromatic hydroxyl groups is 2. The van der Waals surface area contributed by atoms with Gasteiger partial charge >= 0.3 is 0 Å². The highest BCUT2D eigenvalue weighted by Gasteiger charge is 2.20. The first-order chi connectivity index (χ1) is 12.9. The molecule has 0 unspecified atom stereocenters. The highest BCUT2D eigenvalue weighted by molar-refractivity contribution is 7.80. The molecule has 4 aromatic rings. The molecule has 0 amide bonds. The molecule has 0 aliphatic rings. The quantitative estimate of drug-likeness (QED) is 0.403. The number of aryl methyl sites for hydroxylation is 1. The maximum Gasteiger partial charge on any atom is 0.193 e. The van der Waals surface area contributed by atoms with Crippen LogP contribution in [0.15, 0.2) is 35.5 Å². The summed E-state index contributed by atoms with van der Waals surface area (Å²) in [6.45, 7) is 5.88. The number of thiol groups is 1. The van der Waals surface area contributed by atoms with E-state index >= 15 is 0 Å². The second-order valence-electron chi connectivity index (χ2n) is 6.78. The largest absolute Gasteiger partial charge is 0.508 e. The van der Waals surface area contributed by atoms with Gasteiger partial charge in [-0.2, -0.15) is 5.10 Å². The second kappa shape index (κ2) is 6.31. The van der Waals surface area contributed by atoms with Crippen molar-refractivity contribution in [3.05, 3.63) is 41.6 Å². The molecule has 2 aromatic carbocycles. The Labute approximate surface area is 161 Å². The van der Waals surface area contributed by atoms with Crippen LogP contribution < -0.4 is 0 Å². The van der Waals surface area contributed by atoms with Gasteiger partial charge in [0.25, 0.3) is 0 Å². The van der Waals surface area contributed by atoms with Crippen molar-refractivity contribution >= 4 is 23.5 Å². The summed E-state index contributed by atoms with van der Waals surface area (Å²) in [6.07, 6.45) is 0. The molecule has 2 heterocycles. The lowest BCUT2D eigenvalue weighted by Crippen LogP contribution is -2.00. The van der Waals surface area contributed by atoms with Crippen LogP contribution >= 0.6 is 12.6 Å². The lowest BCUT2D eigenvalue weighted by molar-refractivity contribution is 0.444. The molecule has 138 valence electrons. The van der Waals surface area contributed by atoms with Crippen LogP contribution in [0.5, 0.6) is 11.5 Å². The Morgan fingerprint density at radius 3 is 2.59 bits per heavy atom. The minimum Gasteiger partial charge on any atom is -0.508 e. The number of hydrogen-bond donors (Lipinski definition) is 4. The number of H-pyrrole nitrogens is 1. The molecule has 8 heteroatoms. The fourth-order valence-electron chi connectivity index (χ4n) is 3.21. The standard InChI is InChI=1S/C19H19N5O2S/c1-9(2)13-7-14(17(26)8-16(13)25)18-22-23-19(27)24(18)11-4-5-12-10(3)20-21-15(12)6-11/h4-9,25-26H,1-3H3,(H,20,21)(H,23,27). The van der Waals surface area contributed by atoms with Crippen molar-refractivity contribution in [3.8, 4) is 28.6 Å². The lowest BCUT2D eigenvalue weighted by atomic mass is 9.98. The van der Waals surface area contributed by atoms with Gasteiger partial charge in [0.05, 0.1) is 22.5 Å². The molecule has 0 saturated heterocycles. The van der Waals surface area contributed by atoms with Gasteiger partial charge in [-0.25, -0.2) is 0 Å². The maximum atomic E-state index is 10.4. The molecule has 4 rings (SSSR count). The number of nitrogens with zero attached hydrogens (tertiary/aromatic N) is 4. The summed E-state index contributed by atoms with van der Waals surface area (Å²) in [5, 5.41) is 37.5. The highest BCUT2D eigenvalue weighted by Crippen LogP contribution is 2.38. The molecule has 7 nitrogen and oxygen atoms in total. The zero-order valence-electron chi connectivity index (χ0n) is 15.1. The molecule has 2 aromatic heterocycles. The molecule has 0 aliphatic heterocycles. The van der Waals surface area contributed by atoms with Crippen LogP contribution in [0, 0.1) is 6.92 Å². The Hall–Kier alpha value is -3.00. The second-order valence-corrected chi connectivity index (χ2v) is 7.18. The maximum absolute atomic E-state index is 10.4. The molecule has 0 saturated carbocycles. The van der Waals surface area contributed by atoms with Crippen molar-refractivity contribution in [2.45, 2.75) is 31.8 Å². The normalized spacial score (nSPS) is 11.6. The molecule has 0 radical (unpaired) electrons. The van der Waals surface area contributed by atoms with E-state index in [2.05, 4.69) is 33.0 Å². The van der Waals surface area contributed by atoms with Gasteiger partial charge in [0.1, 0.15) is 11.5 Å².